The van der Waals surface area contributed by atoms with Crippen molar-refractivity contribution in [2.45, 2.75) is 27.7 Å². The second-order valence-corrected chi connectivity index (χ2v) is 4.60. The van der Waals surface area contributed by atoms with E-state index in [0.29, 0.717) is 11.6 Å². The normalized spacial score (nSPS) is 10.3. The Hall–Kier alpha value is -2.63. The third-order valence-corrected chi connectivity index (χ3v) is 2.89. The first-order valence-electron chi connectivity index (χ1n) is 6.42. The predicted octanol–water partition coefficient (Wildman–Crippen LogP) is 2.07. The molecule has 1 heterocycles. The molecule has 0 saturated carbocycles. The maximum Gasteiger partial charge on any atom is 0.329 e. The third-order valence-electron chi connectivity index (χ3n) is 2.89. The number of rotatable bonds is 3. The number of nitrogens with zero attached hydrogens (tertiary/aromatic N) is 2. The van der Waals surface area contributed by atoms with Crippen LogP contribution in [0.3, 0.4) is 0 Å². The largest absolute Gasteiger partial charge is 0.427 e. The number of esters is 1. The van der Waals surface area contributed by atoms with E-state index in [2.05, 4.69) is 4.98 Å². The molecule has 0 N–H and O–H groups in total. The third kappa shape index (κ3) is 3.28. The number of carbonyl (C=O) groups excluding carboxylic acids is 2. The quantitative estimate of drug-likeness (QED) is 0.638. The molecule has 0 fully saturated rings. The van der Waals surface area contributed by atoms with Crippen molar-refractivity contribution in [3.63, 3.8) is 0 Å². The van der Waals surface area contributed by atoms with E-state index in [1.807, 2.05) is 13.8 Å². The molecule has 110 valence electrons. The molecule has 0 bridgehead atoms. The van der Waals surface area contributed by atoms with Crippen LogP contribution in [-0.4, -0.2) is 21.7 Å². The van der Waals surface area contributed by atoms with Gasteiger partial charge in [0.25, 0.3) is 0 Å². The number of benzene rings is 1. The number of aryl methyl sites for hydroxylation is 1. The minimum atomic E-state index is -0.423. The van der Waals surface area contributed by atoms with Crippen LogP contribution in [0.2, 0.25) is 0 Å². The standard InChI is InChI=1S/C15H16N2O4/c1-9-10(2)17(21-12(4)19)15(16-9)13-5-7-14(8-6-13)20-11(3)18/h5-8H,1-4H3. The number of aromatic nitrogens is 2. The van der Waals surface area contributed by atoms with Gasteiger partial charge in [-0.2, -0.15) is 4.73 Å². The van der Waals surface area contributed by atoms with E-state index in [-0.39, 0.29) is 5.97 Å². The van der Waals surface area contributed by atoms with Gasteiger partial charge in [0.2, 0.25) is 0 Å². The van der Waals surface area contributed by atoms with E-state index < -0.39 is 5.97 Å². The lowest BCUT2D eigenvalue weighted by Crippen LogP contribution is -2.18. The number of ether oxygens (including phenoxy) is 1. The second-order valence-electron chi connectivity index (χ2n) is 4.60. The van der Waals surface area contributed by atoms with E-state index >= 15 is 0 Å². The molecular formula is C15H16N2O4. The lowest BCUT2D eigenvalue weighted by Gasteiger charge is -2.08. The smallest absolute Gasteiger partial charge is 0.329 e. The first kappa shape index (κ1) is 14.8. The van der Waals surface area contributed by atoms with Crippen LogP contribution in [0.1, 0.15) is 25.2 Å². The summed E-state index contributed by atoms with van der Waals surface area (Å²) in [5.41, 5.74) is 2.28. The lowest BCUT2D eigenvalue weighted by atomic mass is 10.2. The van der Waals surface area contributed by atoms with Gasteiger partial charge >= 0.3 is 11.9 Å². The van der Waals surface area contributed by atoms with Gasteiger partial charge < -0.3 is 9.57 Å². The van der Waals surface area contributed by atoms with Crippen LogP contribution in [0, 0.1) is 13.8 Å². The van der Waals surface area contributed by atoms with Crippen molar-refractivity contribution < 1.29 is 19.2 Å². The highest BCUT2D eigenvalue weighted by atomic mass is 16.7. The Balaban J connectivity index is 2.39. The zero-order chi connectivity index (χ0) is 15.6. The molecule has 0 unspecified atom stereocenters. The molecular weight excluding hydrogens is 272 g/mol. The van der Waals surface area contributed by atoms with Crippen molar-refractivity contribution >= 4 is 11.9 Å². The van der Waals surface area contributed by atoms with Crippen molar-refractivity contribution in [1.29, 1.82) is 0 Å². The van der Waals surface area contributed by atoms with Gasteiger partial charge in [0, 0.05) is 19.4 Å². The summed E-state index contributed by atoms with van der Waals surface area (Å²) in [6, 6.07) is 6.82. The van der Waals surface area contributed by atoms with Crippen LogP contribution in [-0.2, 0) is 9.59 Å². The minimum Gasteiger partial charge on any atom is -0.427 e. The summed E-state index contributed by atoms with van der Waals surface area (Å²) in [5, 5.41) is 0. The van der Waals surface area contributed by atoms with E-state index in [9.17, 15) is 9.59 Å². The summed E-state index contributed by atoms with van der Waals surface area (Å²) in [4.78, 5) is 31.7. The summed E-state index contributed by atoms with van der Waals surface area (Å²) in [5.74, 6) is 0.170. The molecule has 1 aromatic carbocycles. The molecule has 21 heavy (non-hydrogen) atoms. The van der Waals surface area contributed by atoms with Gasteiger partial charge in [-0.15, -0.1) is 0 Å². The molecule has 0 radical (unpaired) electrons. The molecule has 1 aromatic heterocycles. The van der Waals surface area contributed by atoms with E-state index in [0.717, 1.165) is 17.0 Å². The van der Waals surface area contributed by atoms with Crippen LogP contribution < -0.4 is 9.57 Å². The van der Waals surface area contributed by atoms with Gasteiger partial charge in [-0.25, -0.2) is 9.78 Å². The van der Waals surface area contributed by atoms with Gasteiger partial charge in [-0.05, 0) is 38.1 Å². The summed E-state index contributed by atoms with van der Waals surface area (Å²) >= 11 is 0. The van der Waals surface area contributed by atoms with E-state index in [1.54, 1.807) is 24.3 Å². The number of hydrogen-bond donors (Lipinski definition) is 0. The molecule has 6 heteroatoms. The van der Waals surface area contributed by atoms with Crippen LogP contribution in [0.25, 0.3) is 11.4 Å². The van der Waals surface area contributed by atoms with Gasteiger partial charge in [0.15, 0.2) is 5.82 Å². The van der Waals surface area contributed by atoms with Gasteiger partial charge in [0.1, 0.15) is 5.75 Å². The summed E-state index contributed by atoms with van der Waals surface area (Å²) in [6.07, 6.45) is 0. The first-order chi connectivity index (χ1) is 9.88. The molecule has 6 nitrogen and oxygen atoms in total. The Morgan fingerprint density at radius 2 is 1.67 bits per heavy atom. The minimum absolute atomic E-state index is 0.379. The van der Waals surface area contributed by atoms with Crippen molar-refractivity contribution in [3.8, 4) is 17.1 Å². The van der Waals surface area contributed by atoms with Crippen LogP contribution in [0.4, 0.5) is 0 Å². The Morgan fingerprint density at radius 3 is 2.19 bits per heavy atom. The Morgan fingerprint density at radius 1 is 1.05 bits per heavy atom. The lowest BCUT2D eigenvalue weighted by molar-refractivity contribution is -0.141. The average Bonchev–Trinajstić information content (AvgIpc) is 2.67. The van der Waals surface area contributed by atoms with Gasteiger partial charge in [-0.3, -0.25) is 4.79 Å². The highest BCUT2D eigenvalue weighted by molar-refractivity contribution is 5.70. The summed E-state index contributed by atoms with van der Waals surface area (Å²) < 4.78 is 6.38. The van der Waals surface area contributed by atoms with Crippen LogP contribution in [0.5, 0.6) is 5.75 Å². The van der Waals surface area contributed by atoms with E-state index in [4.69, 9.17) is 9.57 Å². The maximum absolute atomic E-state index is 11.2. The van der Waals surface area contributed by atoms with Crippen LogP contribution in [0.15, 0.2) is 24.3 Å². The zero-order valence-electron chi connectivity index (χ0n) is 12.3. The molecule has 0 aliphatic heterocycles. The second kappa shape index (κ2) is 5.78. The summed E-state index contributed by atoms with van der Waals surface area (Å²) in [7, 11) is 0. The van der Waals surface area contributed by atoms with Crippen molar-refractivity contribution in [2.75, 3.05) is 0 Å². The molecule has 0 aliphatic rings. The summed E-state index contributed by atoms with van der Waals surface area (Å²) in [6.45, 7) is 6.34. The molecule has 2 aromatic rings. The van der Waals surface area contributed by atoms with Crippen molar-refractivity contribution in [1.82, 2.24) is 9.71 Å². The molecule has 0 amide bonds. The molecule has 0 atom stereocenters. The van der Waals surface area contributed by atoms with Gasteiger partial charge in [-0.1, -0.05) is 0 Å². The first-order valence-corrected chi connectivity index (χ1v) is 6.42. The molecule has 0 aliphatic carbocycles. The fourth-order valence-corrected chi connectivity index (χ4v) is 1.85. The monoisotopic (exact) mass is 288 g/mol. The Labute approximate surface area is 122 Å². The maximum atomic E-state index is 11.2. The number of carbonyl (C=O) groups is 2. The molecule has 0 spiro atoms. The Kier molecular flexibility index (Phi) is 4.07. The fourth-order valence-electron chi connectivity index (χ4n) is 1.85. The van der Waals surface area contributed by atoms with Crippen LogP contribution >= 0.6 is 0 Å². The highest BCUT2D eigenvalue weighted by Crippen LogP contribution is 2.23. The zero-order valence-corrected chi connectivity index (χ0v) is 12.3. The fraction of sp³-hybridized carbons (Fsp3) is 0.267. The van der Waals surface area contributed by atoms with Crippen molar-refractivity contribution in [2.24, 2.45) is 0 Å². The average molecular weight is 288 g/mol. The SMILES string of the molecule is CC(=O)Oc1ccc(-c2nc(C)c(C)n2OC(C)=O)cc1. The van der Waals surface area contributed by atoms with Gasteiger partial charge in [0.05, 0.1) is 11.4 Å². The topological polar surface area (TPSA) is 70.4 Å². The molecule has 2 rings (SSSR count). The predicted molar refractivity (Wildman–Crippen MR) is 75.7 cm³/mol. The number of hydrogen-bond acceptors (Lipinski definition) is 5. The van der Waals surface area contributed by atoms with E-state index in [1.165, 1.54) is 18.6 Å². The Bertz CT molecular complexity index is 686. The number of imidazole rings is 1. The molecule has 0 saturated heterocycles. The highest BCUT2D eigenvalue weighted by Gasteiger charge is 2.15. The van der Waals surface area contributed by atoms with Crippen molar-refractivity contribution in [3.05, 3.63) is 35.7 Å².